The molecule has 2 aliphatic rings. The van der Waals surface area contributed by atoms with Crippen molar-refractivity contribution in [3.63, 3.8) is 0 Å². The molecule has 2 aliphatic carbocycles. The monoisotopic (exact) mass is 174 g/mol. The number of fused-ring (bicyclic) bond motifs is 1. The van der Waals surface area contributed by atoms with E-state index in [0.29, 0.717) is 0 Å². The smallest absolute Gasteiger partial charge is 0.00986 e. The summed E-state index contributed by atoms with van der Waals surface area (Å²) in [6, 6.07) is 0. The second-order valence-electron chi connectivity index (χ2n) is 4.44. The topological polar surface area (TPSA) is 0 Å². The summed E-state index contributed by atoms with van der Waals surface area (Å²) in [5.74, 6) is 1.54. The van der Waals surface area contributed by atoms with Crippen LogP contribution in [0.5, 0.6) is 0 Å². The Morgan fingerprint density at radius 3 is 2.69 bits per heavy atom. The van der Waals surface area contributed by atoms with Crippen LogP contribution >= 0.6 is 0 Å². The summed E-state index contributed by atoms with van der Waals surface area (Å²) in [4.78, 5) is 0. The first-order chi connectivity index (χ1) is 6.20. The maximum absolute atomic E-state index is 4.21. The Bertz CT molecular complexity index is 280. The molecule has 1 saturated carbocycles. The Hall–Kier alpha value is -0.780. The van der Waals surface area contributed by atoms with Crippen molar-refractivity contribution in [3.05, 3.63) is 36.0 Å². The summed E-state index contributed by atoms with van der Waals surface area (Å²) in [6.45, 7) is 10.3. The van der Waals surface area contributed by atoms with Crippen molar-refractivity contribution in [1.29, 1.82) is 0 Å². The molecule has 0 aromatic heterocycles. The lowest BCUT2D eigenvalue weighted by molar-refractivity contribution is 0.341. The average molecular weight is 174 g/mol. The highest BCUT2D eigenvalue weighted by Crippen LogP contribution is 2.45. The predicted octanol–water partition coefficient (Wildman–Crippen LogP) is 3.87. The van der Waals surface area contributed by atoms with Crippen LogP contribution in [-0.4, -0.2) is 0 Å². The zero-order valence-electron chi connectivity index (χ0n) is 8.47. The molecule has 0 unspecified atom stereocenters. The van der Waals surface area contributed by atoms with Crippen molar-refractivity contribution in [2.75, 3.05) is 0 Å². The van der Waals surface area contributed by atoms with Crippen molar-refractivity contribution < 1.29 is 0 Å². The average Bonchev–Trinajstić information content (AvgIpc) is 2.45. The molecule has 0 N–H and O–H groups in total. The highest BCUT2D eigenvalue weighted by atomic mass is 14.4. The number of hydrogen-bond donors (Lipinski definition) is 0. The first-order valence-electron chi connectivity index (χ1n) is 5.27. The third kappa shape index (κ3) is 1.39. The lowest BCUT2D eigenvalue weighted by atomic mass is 9.79. The Labute approximate surface area is 81.0 Å². The third-order valence-corrected chi connectivity index (χ3v) is 3.45. The van der Waals surface area contributed by atoms with Crippen molar-refractivity contribution in [3.8, 4) is 0 Å². The lowest BCUT2D eigenvalue weighted by Gasteiger charge is -2.25. The molecule has 0 aliphatic heterocycles. The van der Waals surface area contributed by atoms with Crippen molar-refractivity contribution in [1.82, 2.24) is 0 Å². The Balaban J connectivity index is 2.24. The second-order valence-corrected chi connectivity index (χ2v) is 4.44. The van der Waals surface area contributed by atoms with Gasteiger partial charge in [-0.25, -0.2) is 0 Å². The summed E-state index contributed by atoms with van der Waals surface area (Å²) in [5, 5.41) is 0. The van der Waals surface area contributed by atoms with E-state index in [0.717, 1.165) is 11.8 Å². The van der Waals surface area contributed by atoms with Crippen molar-refractivity contribution >= 4 is 0 Å². The molecule has 0 radical (unpaired) electrons. The largest absolute Gasteiger partial charge is 0.0955 e. The van der Waals surface area contributed by atoms with E-state index in [2.05, 4.69) is 26.2 Å². The fourth-order valence-corrected chi connectivity index (χ4v) is 2.73. The first kappa shape index (κ1) is 8.80. The molecular formula is C13H18. The minimum absolute atomic E-state index is 0.750. The van der Waals surface area contributed by atoms with Gasteiger partial charge in [0.15, 0.2) is 0 Å². The van der Waals surface area contributed by atoms with Gasteiger partial charge in [-0.2, -0.15) is 0 Å². The van der Waals surface area contributed by atoms with Gasteiger partial charge in [0.2, 0.25) is 0 Å². The molecule has 70 valence electrons. The van der Waals surface area contributed by atoms with Gasteiger partial charge >= 0.3 is 0 Å². The quantitative estimate of drug-likeness (QED) is 0.566. The summed E-state index contributed by atoms with van der Waals surface area (Å²) in [7, 11) is 0. The van der Waals surface area contributed by atoms with Gasteiger partial charge in [-0.1, -0.05) is 37.6 Å². The van der Waals surface area contributed by atoms with Crippen LogP contribution in [0.1, 0.15) is 32.6 Å². The molecule has 2 atom stereocenters. The molecule has 1 fully saturated rings. The van der Waals surface area contributed by atoms with Crippen molar-refractivity contribution in [2.45, 2.75) is 32.6 Å². The maximum atomic E-state index is 4.21. The minimum Gasteiger partial charge on any atom is -0.0955 e. The van der Waals surface area contributed by atoms with Gasteiger partial charge in [-0.15, -0.1) is 0 Å². The molecule has 2 rings (SSSR count). The standard InChI is InChI=1S/C13H18/c1-9(2)13-8-11-6-4-5-7-12(11)10(13)3/h8,11-12H,1,3-7H2,2H3/t11-,12+/m0/s1. The predicted molar refractivity (Wildman–Crippen MR) is 57.5 cm³/mol. The third-order valence-electron chi connectivity index (χ3n) is 3.45. The Morgan fingerprint density at radius 2 is 2.08 bits per heavy atom. The van der Waals surface area contributed by atoms with Gasteiger partial charge in [0.1, 0.15) is 0 Å². The fraction of sp³-hybridized carbons (Fsp3) is 0.538. The number of allylic oxidation sites excluding steroid dienone is 4. The molecule has 0 bridgehead atoms. The maximum Gasteiger partial charge on any atom is -0.00986 e. The van der Waals surface area contributed by atoms with E-state index >= 15 is 0 Å². The van der Waals surface area contributed by atoms with Crippen LogP contribution in [0.15, 0.2) is 36.0 Å². The van der Waals surface area contributed by atoms with Crippen LogP contribution in [0, 0.1) is 11.8 Å². The van der Waals surface area contributed by atoms with E-state index in [1.54, 1.807) is 0 Å². The van der Waals surface area contributed by atoms with Crippen LogP contribution in [0.25, 0.3) is 0 Å². The van der Waals surface area contributed by atoms with E-state index in [9.17, 15) is 0 Å². The fourth-order valence-electron chi connectivity index (χ4n) is 2.73. The number of hydrogen-bond acceptors (Lipinski definition) is 0. The molecule has 0 heteroatoms. The van der Waals surface area contributed by atoms with Gasteiger partial charge in [-0.3, -0.25) is 0 Å². The highest BCUT2D eigenvalue weighted by Gasteiger charge is 2.32. The van der Waals surface area contributed by atoms with Crippen LogP contribution in [0.2, 0.25) is 0 Å². The normalized spacial score (nSPS) is 32.7. The summed E-state index contributed by atoms with van der Waals surface area (Å²) in [5.41, 5.74) is 3.91. The van der Waals surface area contributed by atoms with Crippen molar-refractivity contribution in [2.24, 2.45) is 11.8 Å². The minimum atomic E-state index is 0.750. The van der Waals surface area contributed by atoms with E-state index in [4.69, 9.17) is 0 Å². The number of rotatable bonds is 1. The SMILES string of the molecule is C=C(C)C1=C[C@@H]2CCCC[C@@H]2C1=C. The van der Waals surface area contributed by atoms with Crippen LogP contribution < -0.4 is 0 Å². The second kappa shape index (κ2) is 3.17. The molecular weight excluding hydrogens is 156 g/mol. The van der Waals surface area contributed by atoms with Crippen LogP contribution in [0.4, 0.5) is 0 Å². The Morgan fingerprint density at radius 1 is 1.38 bits per heavy atom. The molecule has 0 saturated heterocycles. The zero-order valence-corrected chi connectivity index (χ0v) is 8.47. The molecule has 0 aromatic rings. The summed E-state index contributed by atoms with van der Waals surface area (Å²) >= 11 is 0. The van der Waals surface area contributed by atoms with Gasteiger partial charge in [0.25, 0.3) is 0 Å². The molecule has 0 amide bonds. The van der Waals surface area contributed by atoms with E-state index in [1.165, 1.54) is 42.4 Å². The molecule has 0 heterocycles. The van der Waals surface area contributed by atoms with E-state index in [-0.39, 0.29) is 0 Å². The lowest BCUT2D eigenvalue weighted by Crippen LogP contribution is -2.14. The summed E-state index contributed by atoms with van der Waals surface area (Å²) in [6.07, 6.45) is 7.90. The van der Waals surface area contributed by atoms with Crippen LogP contribution in [0.3, 0.4) is 0 Å². The molecule has 0 nitrogen and oxygen atoms in total. The molecule has 0 spiro atoms. The van der Waals surface area contributed by atoms with E-state index in [1.807, 2.05) is 0 Å². The Kier molecular flexibility index (Phi) is 2.15. The van der Waals surface area contributed by atoms with Gasteiger partial charge in [0.05, 0.1) is 0 Å². The molecule has 0 aromatic carbocycles. The van der Waals surface area contributed by atoms with Gasteiger partial charge in [-0.05, 0) is 42.7 Å². The zero-order chi connectivity index (χ0) is 9.42. The van der Waals surface area contributed by atoms with Crippen LogP contribution in [-0.2, 0) is 0 Å². The first-order valence-corrected chi connectivity index (χ1v) is 5.27. The highest BCUT2D eigenvalue weighted by molar-refractivity contribution is 5.49. The summed E-state index contributed by atoms with van der Waals surface area (Å²) < 4.78 is 0. The van der Waals surface area contributed by atoms with Gasteiger partial charge in [0, 0.05) is 0 Å². The van der Waals surface area contributed by atoms with E-state index < -0.39 is 0 Å². The van der Waals surface area contributed by atoms with Gasteiger partial charge < -0.3 is 0 Å². The molecule has 13 heavy (non-hydrogen) atoms.